The summed E-state index contributed by atoms with van der Waals surface area (Å²) in [6.45, 7) is 0.0619. The molecule has 1 aliphatic carbocycles. The van der Waals surface area contributed by atoms with Crippen LogP contribution in [0.2, 0.25) is 0 Å². The van der Waals surface area contributed by atoms with E-state index in [9.17, 15) is 50.8 Å². The molecule has 21 atom stereocenters. The first-order valence-corrected chi connectivity index (χ1v) is 16.0. The van der Waals surface area contributed by atoms with E-state index in [1.165, 1.54) is 6.92 Å². The van der Waals surface area contributed by atoms with Gasteiger partial charge in [-0.15, -0.1) is 0 Å². The number of carbonyl (C=O) groups excluding carboxylic acids is 1. The summed E-state index contributed by atoms with van der Waals surface area (Å²) in [6, 6.07) is -4.97. The molecule has 3 saturated heterocycles. The van der Waals surface area contributed by atoms with E-state index in [-0.39, 0.29) is 13.0 Å². The maximum Gasteiger partial charge on any atom is 0.251 e. The van der Waals surface area contributed by atoms with Gasteiger partial charge in [0.15, 0.2) is 25.0 Å². The summed E-state index contributed by atoms with van der Waals surface area (Å²) in [6.07, 6.45) is -25.2. The summed E-state index contributed by atoms with van der Waals surface area (Å²) < 4.78 is 34.8. The van der Waals surface area contributed by atoms with Gasteiger partial charge >= 0.3 is 0 Å². The Kier molecular flexibility index (Phi) is 14.0. The molecule has 4 fully saturated rings. The van der Waals surface area contributed by atoms with E-state index < -0.39 is 148 Å². The third-order valence-corrected chi connectivity index (χ3v) is 9.44. The molecule has 1 saturated carbocycles. The van der Waals surface area contributed by atoms with Crippen LogP contribution in [0.4, 0.5) is 0 Å². The Morgan fingerprint density at radius 1 is 0.755 bits per heavy atom. The van der Waals surface area contributed by atoms with Crippen LogP contribution in [0.15, 0.2) is 0 Å². The minimum Gasteiger partial charge on any atom is -0.394 e. The SMILES string of the molecule is C[C@@H]1O[C@H](O[C@H]2[C@@H](O)[C@H](O[C@@H]3[C@@H](O)[C@H](NC(=O)[C@@H](O)[C@@H](O)CN)C[C@H](N)[C@H]3O[C@H]3O[C@H](CN)[C@@H](O)[C@@H](O)[C@H]3N)O[C@@H]2CO)[C@H](N)[C@@H](O)[C@@H]1O. The zero-order valence-corrected chi connectivity index (χ0v) is 26.7. The largest absolute Gasteiger partial charge is 0.394 e. The van der Waals surface area contributed by atoms with Crippen molar-refractivity contribution in [2.45, 2.75) is 142 Å². The van der Waals surface area contributed by atoms with Crippen LogP contribution >= 0.6 is 0 Å². The second-order valence-electron chi connectivity index (χ2n) is 12.9. The van der Waals surface area contributed by atoms with Crippen molar-refractivity contribution in [1.82, 2.24) is 5.32 Å². The highest BCUT2D eigenvalue weighted by Crippen LogP contribution is 2.34. The number of aliphatic hydroxyl groups is 9. The highest BCUT2D eigenvalue weighted by atomic mass is 16.8. The number of rotatable bonds is 12. The third-order valence-electron chi connectivity index (χ3n) is 9.44. The molecule has 0 aromatic heterocycles. The second-order valence-corrected chi connectivity index (χ2v) is 12.9. The van der Waals surface area contributed by atoms with E-state index in [0.717, 1.165) is 0 Å². The molecule has 22 heteroatoms. The molecule has 1 amide bonds. The molecule has 286 valence electrons. The highest BCUT2D eigenvalue weighted by molar-refractivity contribution is 5.81. The average molecular weight is 717 g/mol. The van der Waals surface area contributed by atoms with Gasteiger partial charge in [0.25, 0.3) is 5.91 Å². The van der Waals surface area contributed by atoms with E-state index in [2.05, 4.69) is 5.32 Å². The van der Waals surface area contributed by atoms with Gasteiger partial charge in [0, 0.05) is 19.1 Å². The molecule has 4 aliphatic rings. The van der Waals surface area contributed by atoms with E-state index in [1.54, 1.807) is 0 Å². The number of aliphatic hydroxyl groups excluding tert-OH is 9. The lowest BCUT2D eigenvalue weighted by Gasteiger charge is -2.48. The molecular weight excluding hydrogens is 664 g/mol. The molecule has 0 bridgehead atoms. The fraction of sp³-hybridized carbons (Fsp3) is 0.963. The van der Waals surface area contributed by atoms with Gasteiger partial charge in [0.1, 0.15) is 73.2 Å². The van der Waals surface area contributed by atoms with Crippen molar-refractivity contribution in [2.75, 3.05) is 19.7 Å². The minimum atomic E-state index is -1.96. The molecule has 0 spiro atoms. The molecular formula is C27H52N6O16. The highest BCUT2D eigenvalue weighted by Gasteiger charge is 2.55. The molecule has 0 aromatic rings. The number of ether oxygens (including phenoxy) is 6. The first kappa shape index (κ1) is 40.4. The summed E-state index contributed by atoms with van der Waals surface area (Å²) in [4.78, 5) is 12.7. The van der Waals surface area contributed by atoms with E-state index in [1.807, 2.05) is 0 Å². The summed E-state index contributed by atoms with van der Waals surface area (Å²) in [5.74, 6) is -1.09. The first-order valence-electron chi connectivity index (χ1n) is 16.0. The molecule has 20 N–H and O–H groups in total. The zero-order chi connectivity index (χ0) is 36.5. The van der Waals surface area contributed by atoms with Crippen LogP contribution in [0.1, 0.15) is 13.3 Å². The van der Waals surface area contributed by atoms with Gasteiger partial charge in [-0.3, -0.25) is 4.79 Å². The van der Waals surface area contributed by atoms with E-state index in [4.69, 9.17) is 57.1 Å². The molecule has 0 aromatic carbocycles. The minimum absolute atomic E-state index is 0.210. The maximum absolute atomic E-state index is 12.7. The van der Waals surface area contributed by atoms with Crippen molar-refractivity contribution in [2.24, 2.45) is 28.7 Å². The van der Waals surface area contributed by atoms with Crippen molar-refractivity contribution < 1.29 is 79.2 Å². The number of nitrogens with one attached hydrogen (secondary N) is 1. The van der Waals surface area contributed by atoms with Gasteiger partial charge in [0.05, 0.1) is 30.8 Å². The quantitative estimate of drug-likeness (QED) is 0.0891. The fourth-order valence-electron chi connectivity index (χ4n) is 6.33. The van der Waals surface area contributed by atoms with Crippen molar-refractivity contribution in [1.29, 1.82) is 0 Å². The number of carbonyl (C=O) groups is 1. The molecule has 3 heterocycles. The van der Waals surface area contributed by atoms with Gasteiger partial charge in [-0.25, -0.2) is 0 Å². The molecule has 0 unspecified atom stereocenters. The molecule has 22 nitrogen and oxygen atoms in total. The topological polar surface area (TPSA) is 397 Å². The van der Waals surface area contributed by atoms with Crippen LogP contribution in [-0.2, 0) is 33.2 Å². The Morgan fingerprint density at radius 3 is 1.90 bits per heavy atom. The molecule has 49 heavy (non-hydrogen) atoms. The van der Waals surface area contributed by atoms with Crippen molar-refractivity contribution in [3.05, 3.63) is 0 Å². The number of nitrogens with two attached hydrogens (primary N) is 5. The summed E-state index contributed by atoms with van der Waals surface area (Å²) in [5.41, 5.74) is 29.5. The number of hydrogen-bond donors (Lipinski definition) is 15. The third kappa shape index (κ3) is 8.50. The fourth-order valence-corrected chi connectivity index (χ4v) is 6.33. The smallest absolute Gasteiger partial charge is 0.251 e. The van der Waals surface area contributed by atoms with Crippen LogP contribution < -0.4 is 34.0 Å². The molecule has 4 rings (SSSR count). The van der Waals surface area contributed by atoms with Crippen LogP contribution in [0, 0.1) is 0 Å². The van der Waals surface area contributed by atoms with Gasteiger partial charge < -0.3 is 108 Å². The predicted molar refractivity (Wildman–Crippen MR) is 160 cm³/mol. The van der Waals surface area contributed by atoms with Crippen LogP contribution in [0.3, 0.4) is 0 Å². The van der Waals surface area contributed by atoms with Crippen LogP contribution in [0.5, 0.6) is 0 Å². The van der Waals surface area contributed by atoms with Gasteiger partial charge in [-0.1, -0.05) is 0 Å². The number of hydrogen-bond acceptors (Lipinski definition) is 21. The predicted octanol–water partition coefficient (Wildman–Crippen LogP) is -10.00. The maximum atomic E-state index is 12.7. The van der Waals surface area contributed by atoms with E-state index in [0.29, 0.717) is 0 Å². The zero-order valence-electron chi connectivity index (χ0n) is 26.7. The van der Waals surface area contributed by atoms with Crippen molar-refractivity contribution in [3.8, 4) is 0 Å². The van der Waals surface area contributed by atoms with Crippen LogP contribution in [-0.4, -0.2) is 200 Å². The Hall–Kier alpha value is -1.33. The Labute approximate surface area is 280 Å². The summed E-state index contributed by atoms with van der Waals surface area (Å²) in [7, 11) is 0. The summed E-state index contributed by atoms with van der Waals surface area (Å²) in [5, 5.41) is 96.4. The van der Waals surface area contributed by atoms with Crippen molar-refractivity contribution in [3.63, 3.8) is 0 Å². The van der Waals surface area contributed by atoms with Gasteiger partial charge in [-0.2, -0.15) is 0 Å². The Balaban J connectivity index is 1.58. The van der Waals surface area contributed by atoms with Crippen molar-refractivity contribution >= 4 is 5.91 Å². The van der Waals surface area contributed by atoms with E-state index >= 15 is 0 Å². The standard InChI is InChI=1S/C27H52N6O16/c1-6-14(36)18(40)12(31)25(44-6)48-22-11(5-34)46-27(20(22)42)49-23-15(37)8(33-24(43)16(38)9(35)3-28)2-7(30)21(23)47-26-13(32)19(41)17(39)10(4-29)45-26/h6-23,25-27,34-42H,2-5,28-32H2,1H3,(H,33,43)/t6-,7-,8+,9-,10+,11+,12+,13+,14+,15-,16-,17+,18+,19-,20+,21+,22+,23+,25+,26+,27-/m0/s1. The molecule has 3 aliphatic heterocycles. The lowest BCUT2D eigenvalue weighted by atomic mass is 9.83. The Morgan fingerprint density at radius 2 is 1.31 bits per heavy atom. The number of amides is 1. The lowest BCUT2D eigenvalue weighted by Crippen LogP contribution is -2.69. The second kappa shape index (κ2) is 17.0. The monoisotopic (exact) mass is 716 g/mol. The van der Waals surface area contributed by atoms with Gasteiger partial charge in [-0.05, 0) is 13.3 Å². The first-order chi connectivity index (χ1) is 23.1. The molecule has 0 radical (unpaired) electrons. The van der Waals surface area contributed by atoms with Crippen LogP contribution in [0.25, 0.3) is 0 Å². The average Bonchev–Trinajstić information content (AvgIpc) is 3.38. The lowest BCUT2D eigenvalue weighted by molar-refractivity contribution is -0.307. The Bertz CT molecular complexity index is 1070. The van der Waals surface area contributed by atoms with Gasteiger partial charge in [0.2, 0.25) is 0 Å². The summed E-state index contributed by atoms with van der Waals surface area (Å²) >= 11 is 0. The normalized spacial score (nSPS) is 49.0.